The van der Waals surface area contributed by atoms with Crippen molar-refractivity contribution in [2.24, 2.45) is 0 Å². The van der Waals surface area contributed by atoms with E-state index in [9.17, 15) is 18.7 Å². The van der Waals surface area contributed by atoms with E-state index in [4.69, 9.17) is 0 Å². The van der Waals surface area contributed by atoms with E-state index < -0.39 is 23.6 Å². The molecule has 1 atom stereocenters. The van der Waals surface area contributed by atoms with Gasteiger partial charge in [0.15, 0.2) is 11.6 Å². The molecule has 0 fully saturated rings. The van der Waals surface area contributed by atoms with Crippen LogP contribution in [-0.4, -0.2) is 32.6 Å². The van der Waals surface area contributed by atoms with Gasteiger partial charge >= 0.3 is 0 Å². The van der Waals surface area contributed by atoms with E-state index in [2.05, 4.69) is 15.6 Å². The molecular weight excluding hydrogens is 330 g/mol. The van der Waals surface area contributed by atoms with Gasteiger partial charge in [0.2, 0.25) is 0 Å². The molecule has 0 unspecified atom stereocenters. The van der Waals surface area contributed by atoms with Gasteiger partial charge in [0, 0.05) is 18.7 Å². The number of carbonyl (C=O) groups is 1. The zero-order chi connectivity index (χ0) is 18.0. The highest BCUT2D eigenvalue weighted by Gasteiger charge is 2.14. The quantitative estimate of drug-likeness (QED) is 0.742. The highest BCUT2D eigenvalue weighted by Crippen LogP contribution is 2.17. The summed E-state index contributed by atoms with van der Waals surface area (Å²) in [5.74, 6) is -2.45. The van der Waals surface area contributed by atoms with Gasteiger partial charge in [-0.25, -0.2) is 13.5 Å². The number of hydrogen-bond donors (Lipinski definition) is 2. The highest BCUT2D eigenvalue weighted by atomic mass is 19.2. The number of fused-ring (bicyclic) bond motifs is 1. The Labute approximate surface area is 142 Å². The third-order valence-electron chi connectivity index (χ3n) is 3.86. The molecule has 2 N–H and O–H groups in total. The van der Waals surface area contributed by atoms with Crippen LogP contribution in [0.3, 0.4) is 0 Å². The molecule has 0 saturated carbocycles. The van der Waals surface area contributed by atoms with E-state index in [0.29, 0.717) is 17.6 Å². The van der Waals surface area contributed by atoms with Gasteiger partial charge < -0.3 is 10.4 Å². The predicted molar refractivity (Wildman–Crippen MR) is 86.9 cm³/mol. The number of halogens is 2. The fourth-order valence-corrected chi connectivity index (χ4v) is 2.48. The van der Waals surface area contributed by atoms with E-state index in [0.717, 1.165) is 17.6 Å². The van der Waals surface area contributed by atoms with E-state index >= 15 is 0 Å². The molecule has 1 heterocycles. The number of rotatable bonds is 5. The minimum Gasteiger partial charge on any atom is -0.387 e. The van der Waals surface area contributed by atoms with Crippen LogP contribution in [0.25, 0.3) is 11.0 Å². The van der Waals surface area contributed by atoms with E-state index in [1.807, 2.05) is 6.92 Å². The summed E-state index contributed by atoms with van der Waals surface area (Å²) in [5, 5.41) is 20.5. The van der Waals surface area contributed by atoms with Crippen molar-refractivity contribution in [3.63, 3.8) is 0 Å². The highest BCUT2D eigenvalue weighted by molar-refractivity contribution is 5.97. The van der Waals surface area contributed by atoms with Crippen molar-refractivity contribution in [3.8, 4) is 0 Å². The maximum atomic E-state index is 13.2. The Bertz CT molecular complexity index is 926. The number of aliphatic hydroxyl groups excluding tert-OH is 1. The maximum absolute atomic E-state index is 13.2. The maximum Gasteiger partial charge on any atom is 0.251 e. The van der Waals surface area contributed by atoms with Crippen LogP contribution in [0.1, 0.15) is 28.9 Å². The van der Waals surface area contributed by atoms with Gasteiger partial charge in [-0.05, 0) is 42.8 Å². The molecule has 3 aromatic rings. The van der Waals surface area contributed by atoms with Gasteiger partial charge in [0.1, 0.15) is 5.52 Å². The lowest BCUT2D eigenvalue weighted by Crippen LogP contribution is -2.28. The van der Waals surface area contributed by atoms with Gasteiger partial charge in [-0.3, -0.25) is 4.79 Å². The average Bonchev–Trinajstić information content (AvgIpc) is 3.03. The number of aromatic nitrogens is 3. The first-order valence-corrected chi connectivity index (χ1v) is 7.74. The Balaban J connectivity index is 1.68. The van der Waals surface area contributed by atoms with Crippen LogP contribution in [0.2, 0.25) is 0 Å². The van der Waals surface area contributed by atoms with Crippen molar-refractivity contribution in [2.75, 3.05) is 6.54 Å². The van der Waals surface area contributed by atoms with Gasteiger partial charge in [0.25, 0.3) is 5.91 Å². The summed E-state index contributed by atoms with van der Waals surface area (Å²) >= 11 is 0. The molecule has 25 heavy (non-hydrogen) atoms. The van der Waals surface area contributed by atoms with Crippen LogP contribution in [0, 0.1) is 11.6 Å². The first kappa shape index (κ1) is 17.0. The third-order valence-corrected chi connectivity index (χ3v) is 3.86. The molecule has 1 aromatic heterocycles. The molecule has 3 rings (SSSR count). The van der Waals surface area contributed by atoms with Crippen LogP contribution in [0.4, 0.5) is 8.78 Å². The normalized spacial score (nSPS) is 12.3. The van der Waals surface area contributed by atoms with Gasteiger partial charge in [-0.15, -0.1) is 5.10 Å². The van der Waals surface area contributed by atoms with Crippen LogP contribution in [-0.2, 0) is 6.54 Å². The van der Waals surface area contributed by atoms with Crippen molar-refractivity contribution in [1.29, 1.82) is 0 Å². The number of amides is 1. The molecular formula is C17H16F2N4O2. The molecule has 0 aliphatic carbocycles. The third kappa shape index (κ3) is 3.48. The Hall–Kier alpha value is -2.87. The average molecular weight is 346 g/mol. The number of carbonyl (C=O) groups excluding carboxylic acids is 1. The topological polar surface area (TPSA) is 80.0 Å². The summed E-state index contributed by atoms with van der Waals surface area (Å²) in [7, 11) is 0. The minimum absolute atomic E-state index is 0.135. The number of hydrogen-bond acceptors (Lipinski definition) is 4. The van der Waals surface area contributed by atoms with Crippen LogP contribution >= 0.6 is 0 Å². The smallest absolute Gasteiger partial charge is 0.251 e. The number of aryl methyl sites for hydroxylation is 1. The van der Waals surface area contributed by atoms with E-state index in [1.165, 1.54) is 6.07 Å². The first-order chi connectivity index (χ1) is 12.0. The Kier molecular flexibility index (Phi) is 4.71. The largest absolute Gasteiger partial charge is 0.387 e. The lowest BCUT2D eigenvalue weighted by Gasteiger charge is -2.12. The van der Waals surface area contributed by atoms with Crippen LogP contribution in [0.15, 0.2) is 36.4 Å². The molecule has 0 aliphatic rings. The number of nitrogens with one attached hydrogen (secondary N) is 1. The van der Waals surface area contributed by atoms with E-state index in [-0.39, 0.29) is 12.1 Å². The van der Waals surface area contributed by atoms with E-state index in [1.54, 1.807) is 22.9 Å². The minimum atomic E-state index is -1.15. The van der Waals surface area contributed by atoms with Gasteiger partial charge in [0.05, 0.1) is 11.6 Å². The molecule has 130 valence electrons. The standard InChI is InChI=1S/C17H16F2N4O2/c1-2-23-15-6-4-11(8-14(15)21-22-23)17(25)20-9-16(24)10-3-5-12(18)13(19)7-10/h3-8,16,24H,2,9H2,1H3,(H,20,25)/t16-/m0/s1. The summed E-state index contributed by atoms with van der Waals surface area (Å²) < 4.78 is 27.8. The van der Waals surface area contributed by atoms with Crippen molar-refractivity contribution in [3.05, 3.63) is 59.2 Å². The molecule has 0 saturated heterocycles. The summed E-state index contributed by atoms with van der Waals surface area (Å²) in [6.45, 7) is 2.47. The zero-order valence-corrected chi connectivity index (χ0v) is 13.4. The molecule has 8 heteroatoms. The Morgan fingerprint density at radius 1 is 1.24 bits per heavy atom. The molecule has 0 radical (unpaired) electrons. The van der Waals surface area contributed by atoms with Crippen molar-refractivity contribution in [2.45, 2.75) is 19.6 Å². The monoisotopic (exact) mass is 346 g/mol. The van der Waals surface area contributed by atoms with Crippen molar-refractivity contribution < 1.29 is 18.7 Å². The van der Waals surface area contributed by atoms with Crippen molar-refractivity contribution in [1.82, 2.24) is 20.3 Å². The predicted octanol–water partition coefficient (Wildman–Crippen LogP) is 2.19. The lowest BCUT2D eigenvalue weighted by molar-refractivity contribution is 0.0916. The van der Waals surface area contributed by atoms with Crippen LogP contribution in [0.5, 0.6) is 0 Å². The fourth-order valence-electron chi connectivity index (χ4n) is 2.48. The molecule has 0 spiro atoms. The zero-order valence-electron chi connectivity index (χ0n) is 13.4. The lowest BCUT2D eigenvalue weighted by atomic mass is 10.1. The summed E-state index contributed by atoms with van der Waals surface area (Å²) in [6.07, 6.45) is -1.15. The number of benzene rings is 2. The van der Waals surface area contributed by atoms with Gasteiger partial charge in [-0.1, -0.05) is 11.3 Å². The van der Waals surface area contributed by atoms with Crippen LogP contribution < -0.4 is 5.32 Å². The second-order valence-corrected chi connectivity index (χ2v) is 5.51. The first-order valence-electron chi connectivity index (χ1n) is 7.74. The SMILES string of the molecule is CCn1nnc2cc(C(=O)NC[C@H](O)c3ccc(F)c(F)c3)ccc21. The van der Waals surface area contributed by atoms with Crippen molar-refractivity contribution >= 4 is 16.9 Å². The summed E-state index contributed by atoms with van der Waals surface area (Å²) in [5.41, 5.74) is 1.96. The molecule has 1 amide bonds. The summed E-state index contributed by atoms with van der Waals surface area (Å²) in [4.78, 5) is 12.2. The van der Waals surface area contributed by atoms with Gasteiger partial charge in [-0.2, -0.15) is 0 Å². The molecule has 2 aromatic carbocycles. The second-order valence-electron chi connectivity index (χ2n) is 5.51. The fraction of sp³-hybridized carbons (Fsp3) is 0.235. The molecule has 6 nitrogen and oxygen atoms in total. The Morgan fingerprint density at radius 3 is 2.76 bits per heavy atom. The molecule has 0 aliphatic heterocycles. The second kappa shape index (κ2) is 6.94. The molecule has 0 bridgehead atoms. The number of nitrogens with zero attached hydrogens (tertiary/aromatic N) is 3. The number of aliphatic hydroxyl groups is 1. The Morgan fingerprint density at radius 2 is 2.04 bits per heavy atom. The summed E-state index contributed by atoms with van der Waals surface area (Å²) in [6, 6.07) is 8.09.